The average Bonchev–Trinajstić information content (AvgIpc) is 2.62. The minimum atomic E-state index is -1.14. The second-order valence-electron chi connectivity index (χ2n) is 3.68. The molecule has 96 valence electrons. The summed E-state index contributed by atoms with van der Waals surface area (Å²) in [5.74, 6) is -1.14. The molecule has 0 aromatic carbocycles. The molecule has 0 atom stereocenters. The van der Waals surface area contributed by atoms with E-state index in [0.717, 1.165) is 15.9 Å². The summed E-state index contributed by atoms with van der Waals surface area (Å²) in [6.07, 6.45) is 0. The lowest BCUT2D eigenvalue weighted by Crippen LogP contribution is -2.35. The van der Waals surface area contributed by atoms with Crippen LogP contribution in [0.25, 0.3) is 10.2 Å². The lowest BCUT2D eigenvalue weighted by molar-refractivity contribution is 0.0701. The number of aliphatic hydroxyl groups is 1. The Balaban J connectivity index is 2.89. The Morgan fingerprint density at radius 1 is 1.44 bits per heavy atom. The number of aromatic amines is 1. The molecule has 0 unspecified atom stereocenters. The number of H-pyrrole nitrogens is 1. The van der Waals surface area contributed by atoms with E-state index in [9.17, 15) is 14.4 Å². The molecule has 0 aliphatic carbocycles. The summed E-state index contributed by atoms with van der Waals surface area (Å²) < 4.78 is 0.855. The first-order valence-electron chi connectivity index (χ1n) is 5.07. The molecule has 0 aliphatic heterocycles. The number of hydrogen-bond donors (Lipinski definition) is 3. The van der Waals surface area contributed by atoms with E-state index in [4.69, 9.17) is 10.2 Å². The minimum Gasteiger partial charge on any atom is -0.477 e. The Kier molecular flexibility index (Phi) is 3.05. The van der Waals surface area contributed by atoms with Crippen LogP contribution < -0.4 is 11.2 Å². The van der Waals surface area contributed by atoms with Gasteiger partial charge in [-0.25, -0.2) is 9.59 Å². The lowest BCUT2D eigenvalue weighted by Gasteiger charge is -2.01. The summed E-state index contributed by atoms with van der Waals surface area (Å²) in [6.45, 7) is 1.05. The van der Waals surface area contributed by atoms with Crippen molar-refractivity contribution in [3.05, 3.63) is 31.3 Å². The number of hydrogen-bond acceptors (Lipinski definition) is 5. The Hall–Kier alpha value is -1.93. The molecule has 0 aliphatic rings. The number of aliphatic hydroxyl groups excluding tert-OH is 1. The third-order valence-corrected chi connectivity index (χ3v) is 3.78. The number of carboxylic acids is 1. The predicted octanol–water partition coefficient (Wildman–Crippen LogP) is -0.250. The van der Waals surface area contributed by atoms with Gasteiger partial charge in [0.2, 0.25) is 0 Å². The SMILES string of the molecule is Cc1c(C(=O)O)sc2[nH]c(=O)n(CCO)c(=O)c12. The third-order valence-electron chi connectivity index (χ3n) is 2.59. The van der Waals surface area contributed by atoms with Crippen LogP contribution >= 0.6 is 11.3 Å². The standard InChI is InChI=1S/C10H10N2O5S/c1-4-5-7(18-6(4)9(15)16)11-10(17)12(2-3-13)8(5)14/h13H,2-3H2,1H3,(H,11,17)(H,15,16). The molecule has 0 saturated heterocycles. The van der Waals surface area contributed by atoms with Crippen molar-refractivity contribution < 1.29 is 15.0 Å². The van der Waals surface area contributed by atoms with Crippen LogP contribution in [0.1, 0.15) is 15.2 Å². The number of aromatic nitrogens is 2. The fourth-order valence-electron chi connectivity index (χ4n) is 1.76. The maximum atomic E-state index is 12.0. The summed E-state index contributed by atoms with van der Waals surface area (Å²) in [5.41, 5.74) is -0.903. The van der Waals surface area contributed by atoms with Crippen molar-refractivity contribution >= 4 is 27.5 Å². The topological polar surface area (TPSA) is 112 Å². The molecule has 0 saturated carbocycles. The van der Waals surface area contributed by atoms with E-state index in [1.54, 1.807) is 0 Å². The van der Waals surface area contributed by atoms with Crippen LogP contribution in [0.15, 0.2) is 9.59 Å². The van der Waals surface area contributed by atoms with Crippen molar-refractivity contribution in [3.63, 3.8) is 0 Å². The molecule has 0 amide bonds. The maximum Gasteiger partial charge on any atom is 0.346 e. The van der Waals surface area contributed by atoms with Gasteiger partial charge in [-0.2, -0.15) is 0 Å². The molecular formula is C10H10N2O5S. The zero-order valence-electron chi connectivity index (χ0n) is 9.39. The van der Waals surface area contributed by atoms with Gasteiger partial charge in [0.05, 0.1) is 18.5 Å². The van der Waals surface area contributed by atoms with Gasteiger partial charge in [-0.15, -0.1) is 11.3 Å². The van der Waals surface area contributed by atoms with Gasteiger partial charge in [0.1, 0.15) is 9.71 Å². The first-order chi connectivity index (χ1) is 8.47. The van der Waals surface area contributed by atoms with Crippen LogP contribution in [0.4, 0.5) is 0 Å². The molecule has 3 N–H and O–H groups in total. The largest absolute Gasteiger partial charge is 0.477 e. The highest BCUT2D eigenvalue weighted by molar-refractivity contribution is 7.20. The number of rotatable bonds is 3. The van der Waals surface area contributed by atoms with Crippen LogP contribution in [0.2, 0.25) is 0 Å². The van der Waals surface area contributed by atoms with Crippen LogP contribution in [0, 0.1) is 6.92 Å². The molecule has 0 spiro atoms. The first kappa shape index (κ1) is 12.5. The molecule has 0 fully saturated rings. The molecular weight excluding hydrogens is 260 g/mol. The lowest BCUT2D eigenvalue weighted by atomic mass is 10.2. The summed E-state index contributed by atoms with van der Waals surface area (Å²) >= 11 is 0.856. The molecule has 2 rings (SSSR count). The third kappa shape index (κ3) is 1.75. The molecule has 2 aromatic rings. The predicted molar refractivity (Wildman–Crippen MR) is 65.5 cm³/mol. The highest BCUT2D eigenvalue weighted by Crippen LogP contribution is 2.25. The molecule has 18 heavy (non-hydrogen) atoms. The molecule has 2 aromatic heterocycles. The average molecular weight is 270 g/mol. The molecule has 7 nitrogen and oxygen atoms in total. The van der Waals surface area contributed by atoms with Gasteiger partial charge in [-0.1, -0.05) is 0 Å². The fourth-order valence-corrected chi connectivity index (χ4v) is 2.79. The van der Waals surface area contributed by atoms with Crippen molar-refractivity contribution in [1.82, 2.24) is 9.55 Å². The molecule has 0 bridgehead atoms. The number of carboxylic acid groups (broad SMARTS) is 1. The Morgan fingerprint density at radius 2 is 2.11 bits per heavy atom. The van der Waals surface area contributed by atoms with Gasteiger partial charge in [-0.3, -0.25) is 14.3 Å². The van der Waals surface area contributed by atoms with E-state index in [0.29, 0.717) is 5.56 Å². The number of fused-ring (bicyclic) bond motifs is 1. The number of nitrogens with zero attached hydrogens (tertiary/aromatic N) is 1. The van der Waals surface area contributed by atoms with E-state index >= 15 is 0 Å². The van der Waals surface area contributed by atoms with Crippen LogP contribution in [-0.4, -0.2) is 32.3 Å². The van der Waals surface area contributed by atoms with E-state index in [1.165, 1.54) is 6.92 Å². The van der Waals surface area contributed by atoms with E-state index in [2.05, 4.69) is 4.98 Å². The first-order valence-corrected chi connectivity index (χ1v) is 5.89. The Bertz CT molecular complexity index is 739. The number of aryl methyl sites for hydroxylation is 1. The number of carbonyl (C=O) groups is 1. The number of aromatic carboxylic acids is 1. The molecule has 0 radical (unpaired) electrons. The van der Waals surface area contributed by atoms with Gasteiger partial charge in [0.25, 0.3) is 5.56 Å². The zero-order chi connectivity index (χ0) is 13.4. The summed E-state index contributed by atoms with van der Waals surface area (Å²) in [5, 5.41) is 18.0. The van der Waals surface area contributed by atoms with Crippen LogP contribution in [0.5, 0.6) is 0 Å². The summed E-state index contributed by atoms with van der Waals surface area (Å²) in [6, 6.07) is 0. The van der Waals surface area contributed by atoms with Gasteiger partial charge in [0, 0.05) is 0 Å². The van der Waals surface area contributed by atoms with E-state index in [-0.39, 0.29) is 28.2 Å². The number of thiophene rings is 1. The van der Waals surface area contributed by atoms with E-state index in [1.807, 2.05) is 0 Å². The normalized spacial score (nSPS) is 11.0. The summed E-state index contributed by atoms with van der Waals surface area (Å²) in [4.78, 5) is 37.3. The van der Waals surface area contributed by atoms with Gasteiger partial charge in [0.15, 0.2) is 0 Å². The highest BCUT2D eigenvalue weighted by atomic mass is 32.1. The number of nitrogens with one attached hydrogen (secondary N) is 1. The highest BCUT2D eigenvalue weighted by Gasteiger charge is 2.19. The zero-order valence-corrected chi connectivity index (χ0v) is 10.2. The van der Waals surface area contributed by atoms with Crippen molar-refractivity contribution in [3.8, 4) is 0 Å². The van der Waals surface area contributed by atoms with Crippen LogP contribution in [0.3, 0.4) is 0 Å². The van der Waals surface area contributed by atoms with Crippen molar-refractivity contribution in [1.29, 1.82) is 0 Å². The summed E-state index contributed by atoms with van der Waals surface area (Å²) in [7, 11) is 0. The van der Waals surface area contributed by atoms with Crippen molar-refractivity contribution in [2.75, 3.05) is 6.61 Å². The van der Waals surface area contributed by atoms with E-state index < -0.39 is 17.2 Å². The van der Waals surface area contributed by atoms with Gasteiger partial charge < -0.3 is 10.2 Å². The smallest absolute Gasteiger partial charge is 0.346 e. The van der Waals surface area contributed by atoms with Gasteiger partial charge in [-0.05, 0) is 12.5 Å². The van der Waals surface area contributed by atoms with Gasteiger partial charge >= 0.3 is 11.7 Å². The van der Waals surface area contributed by atoms with Crippen LogP contribution in [-0.2, 0) is 6.54 Å². The maximum absolute atomic E-state index is 12.0. The fraction of sp³-hybridized carbons (Fsp3) is 0.300. The second kappa shape index (κ2) is 4.39. The Morgan fingerprint density at radius 3 is 2.67 bits per heavy atom. The minimum absolute atomic E-state index is 0.0273. The van der Waals surface area contributed by atoms with Crippen molar-refractivity contribution in [2.45, 2.75) is 13.5 Å². The van der Waals surface area contributed by atoms with Crippen molar-refractivity contribution in [2.24, 2.45) is 0 Å². The monoisotopic (exact) mass is 270 g/mol. The molecule has 8 heteroatoms. The Labute approximate surface area is 104 Å². The molecule has 2 heterocycles. The quantitative estimate of drug-likeness (QED) is 0.712. The second-order valence-corrected chi connectivity index (χ2v) is 4.70.